The Morgan fingerprint density at radius 1 is 1.31 bits per heavy atom. The summed E-state index contributed by atoms with van der Waals surface area (Å²) in [6.07, 6.45) is 3.36. The van der Waals surface area contributed by atoms with Crippen LogP contribution in [0.1, 0.15) is 68.1 Å². The molecule has 1 fully saturated rings. The molecule has 5 nitrogen and oxygen atoms in total. The van der Waals surface area contributed by atoms with Gasteiger partial charge in [0.2, 0.25) is 0 Å². The maximum absolute atomic E-state index is 12.9. The second-order valence-corrected chi connectivity index (χ2v) is 8.12. The number of rotatable bonds is 4. The molecule has 1 unspecified atom stereocenters. The highest BCUT2D eigenvalue weighted by atomic mass is 16.5. The highest BCUT2D eigenvalue weighted by Gasteiger charge is 2.31. The molecule has 1 aliphatic rings. The molecule has 5 heteroatoms. The molecule has 0 bridgehead atoms. The number of ether oxygens (including phenoxy) is 1. The summed E-state index contributed by atoms with van der Waals surface area (Å²) in [7, 11) is 0. The van der Waals surface area contributed by atoms with Gasteiger partial charge in [-0.1, -0.05) is 31.5 Å². The van der Waals surface area contributed by atoms with Crippen LogP contribution in [0.2, 0.25) is 0 Å². The number of aryl methyl sites for hydroxylation is 1. The molecule has 1 aromatic carbocycles. The lowest BCUT2D eigenvalue weighted by atomic mass is 9.93. The van der Waals surface area contributed by atoms with Crippen LogP contribution >= 0.6 is 0 Å². The Morgan fingerprint density at radius 2 is 2.00 bits per heavy atom. The van der Waals surface area contributed by atoms with Gasteiger partial charge < -0.3 is 10.1 Å². The van der Waals surface area contributed by atoms with Crippen LogP contribution in [0.3, 0.4) is 0 Å². The molecule has 0 radical (unpaired) electrons. The monoisotopic (exact) mass is 355 g/mol. The second kappa shape index (κ2) is 7.23. The van der Waals surface area contributed by atoms with E-state index in [2.05, 4.69) is 57.2 Å². The molecule has 0 aliphatic carbocycles. The third-order valence-corrected chi connectivity index (χ3v) is 4.91. The first-order chi connectivity index (χ1) is 12.3. The van der Waals surface area contributed by atoms with Gasteiger partial charge in [0.1, 0.15) is 0 Å². The summed E-state index contributed by atoms with van der Waals surface area (Å²) in [5.41, 5.74) is 3.59. The van der Waals surface area contributed by atoms with Crippen molar-refractivity contribution in [3.05, 3.63) is 47.3 Å². The number of nitrogens with one attached hydrogen (secondary N) is 1. The van der Waals surface area contributed by atoms with Crippen molar-refractivity contribution >= 4 is 5.91 Å². The number of benzene rings is 1. The van der Waals surface area contributed by atoms with Gasteiger partial charge in [-0.3, -0.25) is 4.79 Å². The summed E-state index contributed by atoms with van der Waals surface area (Å²) in [5.74, 6) is 0.139. The molecule has 1 N–H and O–H groups in total. The van der Waals surface area contributed by atoms with E-state index in [9.17, 15) is 4.79 Å². The zero-order chi connectivity index (χ0) is 18.9. The number of hydrogen-bond acceptors (Lipinski definition) is 3. The Hall–Kier alpha value is -2.14. The number of amides is 1. The SMILES string of the molecule is Cc1ccc(-n2ncc(C(=O)NC3CCOC(C)(C)C3)c2C(C)C)cc1. The summed E-state index contributed by atoms with van der Waals surface area (Å²) >= 11 is 0. The molecule has 1 aliphatic heterocycles. The first kappa shape index (κ1) is 18.6. The molecule has 26 heavy (non-hydrogen) atoms. The van der Waals surface area contributed by atoms with E-state index >= 15 is 0 Å². The van der Waals surface area contributed by atoms with E-state index in [0.717, 1.165) is 24.2 Å². The lowest BCUT2D eigenvalue weighted by Crippen LogP contribution is -2.45. The average Bonchev–Trinajstić information content (AvgIpc) is 3.00. The van der Waals surface area contributed by atoms with E-state index in [4.69, 9.17) is 4.74 Å². The Bertz CT molecular complexity index is 775. The second-order valence-electron chi connectivity index (χ2n) is 8.12. The van der Waals surface area contributed by atoms with Crippen LogP contribution in [0.5, 0.6) is 0 Å². The molecule has 2 heterocycles. The minimum Gasteiger partial charge on any atom is -0.375 e. The molecule has 140 valence electrons. The van der Waals surface area contributed by atoms with Crippen LogP contribution in [0.25, 0.3) is 5.69 Å². The van der Waals surface area contributed by atoms with E-state index < -0.39 is 0 Å². The Morgan fingerprint density at radius 3 is 2.62 bits per heavy atom. The molecule has 2 aromatic rings. The van der Waals surface area contributed by atoms with Gasteiger partial charge in [0, 0.05) is 12.6 Å². The normalized spacial score (nSPS) is 19.5. The minimum absolute atomic E-state index is 0.0465. The summed E-state index contributed by atoms with van der Waals surface area (Å²) in [6, 6.07) is 8.33. The average molecular weight is 355 g/mol. The number of aromatic nitrogens is 2. The number of carbonyl (C=O) groups is 1. The molecule has 0 saturated carbocycles. The third kappa shape index (κ3) is 3.98. The first-order valence-electron chi connectivity index (χ1n) is 9.36. The van der Waals surface area contributed by atoms with Crippen LogP contribution < -0.4 is 5.32 Å². The van der Waals surface area contributed by atoms with Gasteiger partial charge in [-0.15, -0.1) is 0 Å². The van der Waals surface area contributed by atoms with Crippen molar-refractivity contribution < 1.29 is 9.53 Å². The largest absolute Gasteiger partial charge is 0.375 e. The van der Waals surface area contributed by atoms with Gasteiger partial charge in [-0.05, 0) is 51.7 Å². The van der Waals surface area contributed by atoms with Crippen LogP contribution in [-0.2, 0) is 4.74 Å². The van der Waals surface area contributed by atoms with Gasteiger partial charge in [0.05, 0.1) is 28.7 Å². The Kier molecular flexibility index (Phi) is 5.19. The predicted molar refractivity (Wildman–Crippen MR) is 103 cm³/mol. The van der Waals surface area contributed by atoms with E-state index in [-0.39, 0.29) is 23.5 Å². The Labute approximate surface area is 155 Å². The van der Waals surface area contributed by atoms with E-state index in [1.54, 1.807) is 6.20 Å². The van der Waals surface area contributed by atoms with Crippen molar-refractivity contribution in [3.63, 3.8) is 0 Å². The van der Waals surface area contributed by atoms with Crippen LogP contribution in [0.4, 0.5) is 0 Å². The van der Waals surface area contributed by atoms with Crippen LogP contribution in [-0.4, -0.2) is 33.9 Å². The molecule has 3 rings (SSSR count). The molecule has 1 atom stereocenters. The molecular formula is C21H29N3O2. The summed E-state index contributed by atoms with van der Waals surface area (Å²) in [4.78, 5) is 12.9. The van der Waals surface area contributed by atoms with Gasteiger partial charge in [-0.25, -0.2) is 4.68 Å². The fourth-order valence-corrected chi connectivity index (χ4v) is 3.60. The van der Waals surface area contributed by atoms with E-state index in [1.165, 1.54) is 5.56 Å². The maximum atomic E-state index is 12.9. The minimum atomic E-state index is -0.191. The molecule has 1 saturated heterocycles. The van der Waals surface area contributed by atoms with Gasteiger partial charge in [0.25, 0.3) is 5.91 Å². The van der Waals surface area contributed by atoms with E-state index in [1.807, 2.05) is 16.8 Å². The first-order valence-corrected chi connectivity index (χ1v) is 9.36. The van der Waals surface area contributed by atoms with Crippen molar-refractivity contribution in [2.75, 3.05) is 6.61 Å². The van der Waals surface area contributed by atoms with Crippen LogP contribution in [0, 0.1) is 6.92 Å². The smallest absolute Gasteiger partial charge is 0.255 e. The summed E-state index contributed by atoms with van der Waals surface area (Å²) in [6.45, 7) is 11.1. The molecule has 0 spiro atoms. The lowest BCUT2D eigenvalue weighted by molar-refractivity contribution is -0.0615. The highest BCUT2D eigenvalue weighted by molar-refractivity contribution is 5.95. The highest BCUT2D eigenvalue weighted by Crippen LogP contribution is 2.26. The Balaban J connectivity index is 1.85. The number of carbonyl (C=O) groups excluding carboxylic acids is 1. The molecular weight excluding hydrogens is 326 g/mol. The third-order valence-electron chi connectivity index (χ3n) is 4.91. The van der Waals surface area contributed by atoms with Crippen molar-refractivity contribution in [3.8, 4) is 5.69 Å². The molecule has 1 aromatic heterocycles. The van der Waals surface area contributed by atoms with Crippen molar-refractivity contribution in [1.29, 1.82) is 0 Å². The fraction of sp³-hybridized carbons (Fsp3) is 0.524. The van der Waals surface area contributed by atoms with Gasteiger partial charge >= 0.3 is 0 Å². The van der Waals surface area contributed by atoms with E-state index in [0.29, 0.717) is 12.2 Å². The van der Waals surface area contributed by atoms with Crippen molar-refractivity contribution in [1.82, 2.24) is 15.1 Å². The standard InChI is InChI=1S/C21H29N3O2/c1-14(2)19-18(13-22-24(19)17-8-6-15(3)7-9-17)20(25)23-16-10-11-26-21(4,5)12-16/h6-9,13-14,16H,10-12H2,1-5H3,(H,23,25). The molecule has 1 amide bonds. The zero-order valence-electron chi connectivity index (χ0n) is 16.4. The summed E-state index contributed by atoms with van der Waals surface area (Å²) in [5, 5.41) is 7.70. The van der Waals surface area contributed by atoms with Gasteiger partial charge in [-0.2, -0.15) is 5.10 Å². The fourth-order valence-electron chi connectivity index (χ4n) is 3.60. The van der Waals surface area contributed by atoms with Crippen molar-refractivity contribution in [2.45, 2.75) is 65.0 Å². The summed E-state index contributed by atoms with van der Waals surface area (Å²) < 4.78 is 7.63. The topological polar surface area (TPSA) is 56.2 Å². The maximum Gasteiger partial charge on any atom is 0.255 e. The number of nitrogens with zero attached hydrogens (tertiary/aromatic N) is 2. The van der Waals surface area contributed by atoms with Crippen molar-refractivity contribution in [2.24, 2.45) is 0 Å². The van der Waals surface area contributed by atoms with Gasteiger partial charge in [0.15, 0.2) is 0 Å². The lowest BCUT2D eigenvalue weighted by Gasteiger charge is -2.35. The number of hydrogen-bond donors (Lipinski definition) is 1. The zero-order valence-corrected chi connectivity index (χ0v) is 16.4. The quantitative estimate of drug-likeness (QED) is 0.902. The predicted octanol–water partition coefficient (Wildman–Crippen LogP) is 3.99. The van der Waals surface area contributed by atoms with Crippen LogP contribution in [0.15, 0.2) is 30.5 Å².